The molecule has 1 aliphatic carbocycles. The molecule has 0 heterocycles. The highest BCUT2D eigenvalue weighted by Crippen LogP contribution is 2.27. The third-order valence-corrected chi connectivity index (χ3v) is 4.01. The van der Waals surface area contributed by atoms with Crippen LogP contribution in [-0.4, -0.2) is 24.6 Å². The highest BCUT2D eigenvalue weighted by atomic mass is 32.2. The van der Waals surface area contributed by atoms with Crippen LogP contribution in [-0.2, 0) is 0 Å². The normalized spacial score (nSPS) is 27.9. The minimum absolute atomic E-state index is 0.963. The van der Waals surface area contributed by atoms with Crippen molar-refractivity contribution >= 4 is 11.8 Å². The molecule has 2 atom stereocenters. The molecule has 0 spiro atoms. The SMILES string of the molecule is CCSCCNCC1CCCC(C)C1. The Hall–Kier alpha value is 0.310. The van der Waals surface area contributed by atoms with E-state index in [2.05, 4.69) is 19.2 Å². The molecule has 0 bridgehead atoms. The number of thioether (sulfide) groups is 1. The van der Waals surface area contributed by atoms with Crippen molar-refractivity contribution in [3.8, 4) is 0 Å². The lowest BCUT2D eigenvalue weighted by Crippen LogP contribution is -2.28. The second-order valence-corrected chi connectivity index (χ2v) is 5.93. The zero-order valence-electron chi connectivity index (χ0n) is 9.72. The molecule has 0 aromatic carbocycles. The smallest absolute Gasteiger partial charge is 0.00580 e. The van der Waals surface area contributed by atoms with Gasteiger partial charge in [0.15, 0.2) is 0 Å². The van der Waals surface area contributed by atoms with Gasteiger partial charge >= 0.3 is 0 Å². The van der Waals surface area contributed by atoms with Gasteiger partial charge in [-0.2, -0.15) is 11.8 Å². The van der Waals surface area contributed by atoms with Gasteiger partial charge in [0.25, 0.3) is 0 Å². The topological polar surface area (TPSA) is 12.0 Å². The number of nitrogens with one attached hydrogen (secondary N) is 1. The molecule has 2 unspecified atom stereocenters. The van der Waals surface area contributed by atoms with Crippen LogP contribution < -0.4 is 5.32 Å². The number of hydrogen-bond acceptors (Lipinski definition) is 2. The Labute approximate surface area is 93.4 Å². The first-order valence-electron chi connectivity index (χ1n) is 6.11. The van der Waals surface area contributed by atoms with Gasteiger partial charge < -0.3 is 5.32 Å². The zero-order valence-corrected chi connectivity index (χ0v) is 10.5. The average molecular weight is 215 g/mol. The van der Waals surface area contributed by atoms with Gasteiger partial charge in [-0.05, 0) is 37.0 Å². The molecule has 0 amide bonds. The summed E-state index contributed by atoms with van der Waals surface area (Å²) in [7, 11) is 0. The maximum absolute atomic E-state index is 3.59. The predicted molar refractivity (Wildman–Crippen MR) is 67.0 cm³/mol. The maximum Gasteiger partial charge on any atom is 0.00580 e. The fraction of sp³-hybridized carbons (Fsp3) is 1.00. The van der Waals surface area contributed by atoms with Crippen LogP contribution in [0.4, 0.5) is 0 Å². The third kappa shape index (κ3) is 5.26. The Morgan fingerprint density at radius 2 is 2.21 bits per heavy atom. The van der Waals surface area contributed by atoms with Crippen molar-refractivity contribution in [2.24, 2.45) is 11.8 Å². The molecular weight excluding hydrogens is 190 g/mol. The van der Waals surface area contributed by atoms with E-state index in [1.165, 1.54) is 50.3 Å². The van der Waals surface area contributed by atoms with Gasteiger partial charge in [0.05, 0.1) is 0 Å². The Balaban J connectivity index is 1.95. The van der Waals surface area contributed by atoms with Gasteiger partial charge in [-0.1, -0.05) is 26.7 Å². The molecule has 2 heteroatoms. The van der Waals surface area contributed by atoms with Gasteiger partial charge in [0, 0.05) is 12.3 Å². The Morgan fingerprint density at radius 1 is 1.36 bits per heavy atom. The minimum atomic E-state index is 0.963. The van der Waals surface area contributed by atoms with Crippen LogP contribution in [0.25, 0.3) is 0 Å². The molecule has 0 aromatic rings. The fourth-order valence-corrected chi connectivity index (χ4v) is 2.92. The van der Waals surface area contributed by atoms with E-state index in [0.717, 1.165) is 11.8 Å². The monoisotopic (exact) mass is 215 g/mol. The highest BCUT2D eigenvalue weighted by Gasteiger charge is 2.17. The van der Waals surface area contributed by atoms with E-state index in [-0.39, 0.29) is 0 Å². The summed E-state index contributed by atoms with van der Waals surface area (Å²) in [5, 5.41) is 3.59. The summed E-state index contributed by atoms with van der Waals surface area (Å²) in [6.45, 7) is 7.09. The van der Waals surface area contributed by atoms with Crippen molar-refractivity contribution in [2.75, 3.05) is 24.6 Å². The Morgan fingerprint density at radius 3 is 2.93 bits per heavy atom. The van der Waals surface area contributed by atoms with E-state index in [1.54, 1.807) is 0 Å². The third-order valence-electron chi connectivity index (χ3n) is 3.11. The van der Waals surface area contributed by atoms with Crippen molar-refractivity contribution in [3.63, 3.8) is 0 Å². The van der Waals surface area contributed by atoms with E-state index in [9.17, 15) is 0 Å². The van der Waals surface area contributed by atoms with Crippen LogP contribution in [0, 0.1) is 11.8 Å². The second kappa shape index (κ2) is 7.58. The van der Waals surface area contributed by atoms with Crippen molar-refractivity contribution in [3.05, 3.63) is 0 Å². The molecule has 0 aliphatic heterocycles. The lowest BCUT2D eigenvalue weighted by atomic mass is 9.82. The Bertz CT molecular complexity index is 138. The molecule has 1 nitrogen and oxygen atoms in total. The molecule has 1 rings (SSSR count). The van der Waals surface area contributed by atoms with Crippen molar-refractivity contribution < 1.29 is 0 Å². The summed E-state index contributed by atoms with van der Waals surface area (Å²) < 4.78 is 0. The lowest BCUT2D eigenvalue weighted by molar-refractivity contribution is 0.276. The van der Waals surface area contributed by atoms with Gasteiger partial charge in [0.2, 0.25) is 0 Å². The summed E-state index contributed by atoms with van der Waals surface area (Å²) in [5.41, 5.74) is 0. The molecule has 0 radical (unpaired) electrons. The van der Waals surface area contributed by atoms with E-state index < -0.39 is 0 Å². The van der Waals surface area contributed by atoms with Crippen molar-refractivity contribution in [1.82, 2.24) is 5.32 Å². The molecule has 84 valence electrons. The number of hydrogen-bond donors (Lipinski definition) is 1. The van der Waals surface area contributed by atoms with Crippen LogP contribution in [0.5, 0.6) is 0 Å². The summed E-state index contributed by atoms with van der Waals surface area (Å²) in [6, 6.07) is 0. The van der Waals surface area contributed by atoms with Crippen LogP contribution in [0.2, 0.25) is 0 Å². The largest absolute Gasteiger partial charge is 0.316 e. The van der Waals surface area contributed by atoms with Crippen molar-refractivity contribution in [1.29, 1.82) is 0 Å². The predicted octanol–water partition coefficient (Wildman–Crippen LogP) is 3.16. The van der Waals surface area contributed by atoms with Gasteiger partial charge in [-0.25, -0.2) is 0 Å². The van der Waals surface area contributed by atoms with E-state index in [4.69, 9.17) is 0 Å². The minimum Gasteiger partial charge on any atom is -0.316 e. The standard InChI is InChI=1S/C12H25NS/c1-3-14-8-7-13-10-12-6-4-5-11(2)9-12/h11-13H,3-10H2,1-2H3. The molecule has 0 aromatic heterocycles. The fourth-order valence-electron chi connectivity index (χ4n) is 2.34. The number of rotatable bonds is 6. The molecular formula is C12H25NS. The van der Waals surface area contributed by atoms with Crippen LogP contribution in [0.1, 0.15) is 39.5 Å². The first-order chi connectivity index (χ1) is 6.83. The average Bonchev–Trinajstić information content (AvgIpc) is 2.18. The van der Waals surface area contributed by atoms with Gasteiger partial charge in [0.1, 0.15) is 0 Å². The molecule has 1 saturated carbocycles. The highest BCUT2D eigenvalue weighted by molar-refractivity contribution is 7.99. The lowest BCUT2D eigenvalue weighted by Gasteiger charge is -2.26. The van der Waals surface area contributed by atoms with Crippen molar-refractivity contribution in [2.45, 2.75) is 39.5 Å². The zero-order chi connectivity index (χ0) is 10.2. The summed E-state index contributed by atoms with van der Waals surface area (Å²) in [6.07, 6.45) is 5.82. The molecule has 1 aliphatic rings. The van der Waals surface area contributed by atoms with Gasteiger partial charge in [-0.3, -0.25) is 0 Å². The maximum atomic E-state index is 3.59. The van der Waals surface area contributed by atoms with Crippen LogP contribution >= 0.6 is 11.8 Å². The van der Waals surface area contributed by atoms with Gasteiger partial charge in [-0.15, -0.1) is 0 Å². The Kier molecular flexibility index (Phi) is 6.70. The summed E-state index contributed by atoms with van der Waals surface area (Å²) in [4.78, 5) is 0. The summed E-state index contributed by atoms with van der Waals surface area (Å²) in [5.74, 6) is 4.46. The second-order valence-electron chi connectivity index (χ2n) is 4.54. The van der Waals surface area contributed by atoms with E-state index in [0.29, 0.717) is 0 Å². The summed E-state index contributed by atoms with van der Waals surface area (Å²) >= 11 is 2.03. The van der Waals surface area contributed by atoms with Crippen LogP contribution in [0.15, 0.2) is 0 Å². The van der Waals surface area contributed by atoms with Crippen LogP contribution in [0.3, 0.4) is 0 Å². The molecule has 1 N–H and O–H groups in total. The molecule has 14 heavy (non-hydrogen) atoms. The van der Waals surface area contributed by atoms with E-state index in [1.807, 2.05) is 11.8 Å². The van der Waals surface area contributed by atoms with E-state index >= 15 is 0 Å². The first-order valence-corrected chi connectivity index (χ1v) is 7.26. The first kappa shape index (κ1) is 12.4. The molecule has 1 fully saturated rings. The quantitative estimate of drug-likeness (QED) is 0.683. The molecule has 0 saturated heterocycles.